The Hall–Kier alpha value is -1.58. The maximum absolute atomic E-state index is 13.0. The lowest BCUT2D eigenvalue weighted by molar-refractivity contribution is 0.0168. The predicted octanol–water partition coefficient (Wildman–Crippen LogP) is 3.80. The van der Waals surface area contributed by atoms with Crippen molar-refractivity contribution in [1.29, 1.82) is 0 Å². The van der Waals surface area contributed by atoms with Crippen molar-refractivity contribution >= 4 is 36.0 Å². The Bertz CT molecular complexity index is 662. The number of ether oxygens (including phenoxy) is 1. The van der Waals surface area contributed by atoms with Crippen LogP contribution in [-0.4, -0.2) is 55.8 Å². The van der Waals surface area contributed by atoms with E-state index in [2.05, 4.69) is 15.6 Å². The summed E-state index contributed by atoms with van der Waals surface area (Å²) in [7, 11) is 1.74. The van der Waals surface area contributed by atoms with Gasteiger partial charge in [0.15, 0.2) is 5.96 Å². The molecule has 1 aromatic rings. The zero-order valence-corrected chi connectivity index (χ0v) is 20.2. The molecule has 0 radical (unpaired) electrons. The molecule has 1 heterocycles. The van der Waals surface area contributed by atoms with Gasteiger partial charge in [-0.1, -0.05) is 12.1 Å². The minimum absolute atomic E-state index is 0. The Kier molecular flexibility index (Phi) is 10.7. The van der Waals surface area contributed by atoms with E-state index in [1.54, 1.807) is 24.1 Å². The maximum Gasteiger partial charge on any atom is 0.410 e. The lowest BCUT2D eigenvalue weighted by Crippen LogP contribution is -2.47. The standard InChI is InChI=1S/C21H33FN4O2.HI/c1-21(2,3)28-20(27)26-13-5-6-17(15-26)14-25-19(23-4)24-12-11-16-7-9-18(22)10-8-16;/h7-10,17H,5-6,11-15H2,1-4H3,(H2,23,24,25);1H. The van der Waals surface area contributed by atoms with Gasteiger partial charge in [0, 0.05) is 33.2 Å². The third-order valence-corrected chi connectivity index (χ3v) is 4.57. The minimum Gasteiger partial charge on any atom is -0.444 e. The monoisotopic (exact) mass is 520 g/mol. The molecule has 1 aromatic carbocycles. The van der Waals surface area contributed by atoms with Crippen molar-refractivity contribution in [3.8, 4) is 0 Å². The number of halogens is 2. The number of rotatable bonds is 5. The van der Waals surface area contributed by atoms with Gasteiger partial charge in [0.05, 0.1) is 0 Å². The normalized spacial score (nSPS) is 17.3. The summed E-state index contributed by atoms with van der Waals surface area (Å²) < 4.78 is 18.4. The first kappa shape index (κ1) is 25.5. The summed E-state index contributed by atoms with van der Waals surface area (Å²) in [5.41, 5.74) is 0.600. The van der Waals surface area contributed by atoms with Gasteiger partial charge in [-0.3, -0.25) is 4.99 Å². The molecular formula is C21H34FIN4O2. The number of carbonyl (C=O) groups excluding carboxylic acids is 1. The Morgan fingerprint density at radius 1 is 1.28 bits per heavy atom. The highest BCUT2D eigenvalue weighted by atomic mass is 127. The Morgan fingerprint density at radius 2 is 1.97 bits per heavy atom. The molecule has 0 saturated carbocycles. The molecule has 8 heteroatoms. The van der Waals surface area contributed by atoms with Crippen molar-refractivity contribution in [2.24, 2.45) is 10.9 Å². The van der Waals surface area contributed by atoms with Gasteiger partial charge in [-0.15, -0.1) is 24.0 Å². The Morgan fingerprint density at radius 3 is 2.59 bits per heavy atom. The number of hydrogen-bond acceptors (Lipinski definition) is 3. The molecule has 164 valence electrons. The van der Waals surface area contributed by atoms with Crippen molar-refractivity contribution in [3.05, 3.63) is 35.6 Å². The van der Waals surface area contributed by atoms with Gasteiger partial charge in [-0.25, -0.2) is 9.18 Å². The number of nitrogens with one attached hydrogen (secondary N) is 2. The van der Waals surface area contributed by atoms with Gasteiger partial charge in [-0.05, 0) is 63.6 Å². The SMILES string of the molecule is CN=C(NCCc1ccc(F)cc1)NCC1CCCN(C(=O)OC(C)(C)C)C1.I. The van der Waals surface area contributed by atoms with Gasteiger partial charge in [0.2, 0.25) is 0 Å². The molecule has 1 unspecified atom stereocenters. The molecule has 0 aliphatic carbocycles. The maximum atomic E-state index is 13.0. The van der Waals surface area contributed by atoms with Crippen LogP contribution in [-0.2, 0) is 11.2 Å². The molecule has 0 aromatic heterocycles. The molecule has 2 N–H and O–H groups in total. The lowest BCUT2D eigenvalue weighted by Gasteiger charge is -2.34. The average Bonchev–Trinajstić information content (AvgIpc) is 2.65. The molecule has 6 nitrogen and oxygen atoms in total. The lowest BCUT2D eigenvalue weighted by atomic mass is 9.98. The van der Waals surface area contributed by atoms with Crippen LogP contribution in [0.15, 0.2) is 29.3 Å². The highest BCUT2D eigenvalue weighted by molar-refractivity contribution is 14.0. The van der Waals surface area contributed by atoms with E-state index in [4.69, 9.17) is 4.74 Å². The van der Waals surface area contributed by atoms with E-state index in [1.165, 1.54) is 12.1 Å². The molecule has 0 spiro atoms. The van der Waals surface area contributed by atoms with E-state index in [0.717, 1.165) is 43.9 Å². The average molecular weight is 520 g/mol. The molecule has 0 bridgehead atoms. The van der Waals surface area contributed by atoms with E-state index in [9.17, 15) is 9.18 Å². The van der Waals surface area contributed by atoms with Crippen molar-refractivity contribution < 1.29 is 13.9 Å². The summed E-state index contributed by atoms with van der Waals surface area (Å²) >= 11 is 0. The van der Waals surface area contributed by atoms with Gasteiger partial charge in [0.1, 0.15) is 11.4 Å². The van der Waals surface area contributed by atoms with Crippen LogP contribution < -0.4 is 10.6 Å². The van der Waals surface area contributed by atoms with Crippen LogP contribution in [0, 0.1) is 11.7 Å². The first-order chi connectivity index (χ1) is 13.3. The fraction of sp³-hybridized carbons (Fsp3) is 0.619. The van der Waals surface area contributed by atoms with Gasteiger partial charge in [0.25, 0.3) is 0 Å². The number of carbonyl (C=O) groups is 1. The zero-order valence-electron chi connectivity index (χ0n) is 17.8. The Labute approximate surface area is 190 Å². The highest BCUT2D eigenvalue weighted by Gasteiger charge is 2.27. The van der Waals surface area contributed by atoms with Crippen LogP contribution in [0.5, 0.6) is 0 Å². The number of likely N-dealkylation sites (tertiary alicyclic amines) is 1. The molecular weight excluding hydrogens is 486 g/mol. The molecule has 1 fully saturated rings. The molecule has 1 aliphatic rings. The van der Waals surface area contributed by atoms with Gasteiger partial charge in [-0.2, -0.15) is 0 Å². The smallest absolute Gasteiger partial charge is 0.410 e. The summed E-state index contributed by atoms with van der Waals surface area (Å²) in [5.74, 6) is 0.871. The molecule has 29 heavy (non-hydrogen) atoms. The van der Waals surface area contributed by atoms with E-state index < -0.39 is 5.60 Å². The number of piperidine rings is 1. The van der Waals surface area contributed by atoms with Crippen LogP contribution in [0.4, 0.5) is 9.18 Å². The first-order valence-electron chi connectivity index (χ1n) is 9.94. The molecule has 1 amide bonds. The quantitative estimate of drug-likeness (QED) is 0.352. The number of hydrogen-bond donors (Lipinski definition) is 2. The second-order valence-electron chi connectivity index (χ2n) is 8.19. The van der Waals surface area contributed by atoms with Crippen LogP contribution >= 0.6 is 24.0 Å². The van der Waals surface area contributed by atoms with E-state index in [-0.39, 0.29) is 35.9 Å². The summed E-state index contributed by atoms with van der Waals surface area (Å²) in [6.07, 6.45) is 2.59. The summed E-state index contributed by atoms with van der Waals surface area (Å²) in [4.78, 5) is 18.3. The first-order valence-corrected chi connectivity index (χ1v) is 9.94. The Balaban J connectivity index is 0.00000420. The number of benzene rings is 1. The topological polar surface area (TPSA) is 66.0 Å². The van der Waals surface area contributed by atoms with E-state index in [0.29, 0.717) is 19.0 Å². The molecule has 1 saturated heterocycles. The van der Waals surface area contributed by atoms with Crippen molar-refractivity contribution in [1.82, 2.24) is 15.5 Å². The minimum atomic E-state index is -0.473. The summed E-state index contributed by atoms with van der Waals surface area (Å²) in [6, 6.07) is 6.53. The van der Waals surface area contributed by atoms with Crippen molar-refractivity contribution in [2.75, 3.05) is 33.2 Å². The van der Waals surface area contributed by atoms with Crippen LogP contribution in [0.2, 0.25) is 0 Å². The largest absolute Gasteiger partial charge is 0.444 e. The van der Waals surface area contributed by atoms with Crippen LogP contribution in [0.25, 0.3) is 0 Å². The number of guanidine groups is 1. The van der Waals surface area contributed by atoms with Gasteiger partial charge >= 0.3 is 6.09 Å². The zero-order chi connectivity index (χ0) is 20.6. The number of nitrogens with zero attached hydrogens (tertiary/aromatic N) is 2. The third kappa shape index (κ3) is 9.64. The summed E-state index contributed by atoms with van der Waals surface area (Å²) in [6.45, 7) is 8.54. The number of amides is 1. The second-order valence-corrected chi connectivity index (χ2v) is 8.19. The van der Waals surface area contributed by atoms with Crippen LogP contribution in [0.1, 0.15) is 39.2 Å². The number of aliphatic imine (C=N–C) groups is 1. The second kappa shape index (κ2) is 12.2. The summed E-state index contributed by atoms with van der Waals surface area (Å²) in [5, 5.41) is 6.62. The molecule has 1 atom stereocenters. The van der Waals surface area contributed by atoms with Crippen molar-refractivity contribution in [3.63, 3.8) is 0 Å². The predicted molar refractivity (Wildman–Crippen MR) is 125 cm³/mol. The molecule has 2 rings (SSSR count). The van der Waals surface area contributed by atoms with E-state index in [1.807, 2.05) is 20.8 Å². The fourth-order valence-corrected chi connectivity index (χ4v) is 3.16. The van der Waals surface area contributed by atoms with E-state index >= 15 is 0 Å². The highest BCUT2D eigenvalue weighted by Crippen LogP contribution is 2.18. The molecule has 1 aliphatic heterocycles. The fourth-order valence-electron chi connectivity index (χ4n) is 3.16. The van der Waals surface area contributed by atoms with Crippen molar-refractivity contribution in [2.45, 2.75) is 45.6 Å². The third-order valence-electron chi connectivity index (χ3n) is 4.57. The van der Waals surface area contributed by atoms with Crippen LogP contribution in [0.3, 0.4) is 0 Å². The van der Waals surface area contributed by atoms with Gasteiger partial charge < -0.3 is 20.3 Å².